The number of methoxy groups -OCH3 is 1. The average molecular weight is 469 g/mol. The standard InChI is InChI=1S/C31H48O3/c1-20(10-9-11-21(2)27(33)34-8)22-14-18-31(7)24-12-13-25-28(3,4)26(32)16-17-29(25,5)23(24)15-19-30(22,31)6/h11-12,20,22-23,25H,9-10,13-19H2,1-8H3/b21-11-. The van der Waals surface area contributed by atoms with Crippen molar-refractivity contribution in [3.8, 4) is 0 Å². The van der Waals surface area contributed by atoms with Gasteiger partial charge in [-0.15, -0.1) is 0 Å². The molecule has 0 amide bonds. The van der Waals surface area contributed by atoms with Gasteiger partial charge >= 0.3 is 5.97 Å². The first-order valence-corrected chi connectivity index (χ1v) is 13.8. The molecule has 0 aromatic carbocycles. The zero-order valence-corrected chi connectivity index (χ0v) is 23.1. The SMILES string of the molecule is COC(=O)/C(C)=C\CCC(C)C1CCC2(C)C3=CCC4C(C)(C)C(=O)CCC4(C)C3CCC12C. The molecule has 0 bridgehead atoms. The number of Topliss-reactive ketones (excluding diaryl/α,β-unsaturated/α-hetero) is 1. The zero-order valence-electron chi connectivity index (χ0n) is 23.1. The monoisotopic (exact) mass is 468 g/mol. The Kier molecular flexibility index (Phi) is 6.52. The van der Waals surface area contributed by atoms with Crippen LogP contribution in [-0.4, -0.2) is 18.9 Å². The minimum absolute atomic E-state index is 0.195. The molecule has 3 saturated carbocycles. The van der Waals surface area contributed by atoms with Crippen molar-refractivity contribution in [2.45, 2.75) is 106 Å². The molecular weight excluding hydrogens is 420 g/mol. The molecule has 190 valence electrons. The fraction of sp³-hybridized carbons (Fsp3) is 0.806. The number of ketones is 1. The summed E-state index contributed by atoms with van der Waals surface area (Å²) >= 11 is 0. The van der Waals surface area contributed by atoms with Crippen molar-refractivity contribution < 1.29 is 14.3 Å². The van der Waals surface area contributed by atoms with E-state index in [2.05, 4.69) is 53.7 Å². The first-order valence-electron chi connectivity index (χ1n) is 13.8. The fourth-order valence-corrected chi connectivity index (χ4v) is 9.47. The molecule has 0 saturated heterocycles. The van der Waals surface area contributed by atoms with Crippen molar-refractivity contribution in [2.75, 3.05) is 7.11 Å². The quantitative estimate of drug-likeness (QED) is 0.236. The first-order chi connectivity index (χ1) is 15.8. The van der Waals surface area contributed by atoms with Gasteiger partial charge < -0.3 is 4.74 Å². The van der Waals surface area contributed by atoms with Crippen LogP contribution in [0.4, 0.5) is 0 Å². The lowest BCUT2D eigenvalue weighted by Gasteiger charge is -2.63. The van der Waals surface area contributed by atoms with Gasteiger partial charge in [-0.05, 0) is 98.2 Å². The van der Waals surface area contributed by atoms with Gasteiger partial charge in [-0.2, -0.15) is 0 Å². The molecule has 7 atom stereocenters. The van der Waals surface area contributed by atoms with Crippen molar-refractivity contribution in [2.24, 2.45) is 45.3 Å². The van der Waals surface area contributed by atoms with E-state index in [1.165, 1.54) is 32.8 Å². The Morgan fingerprint density at radius 3 is 2.53 bits per heavy atom. The zero-order chi connectivity index (χ0) is 25.1. The van der Waals surface area contributed by atoms with Crippen LogP contribution in [0.25, 0.3) is 0 Å². The van der Waals surface area contributed by atoms with E-state index in [4.69, 9.17) is 4.74 Å². The van der Waals surface area contributed by atoms with Crippen LogP contribution in [0.2, 0.25) is 0 Å². The summed E-state index contributed by atoms with van der Waals surface area (Å²) in [5, 5.41) is 0. The highest BCUT2D eigenvalue weighted by molar-refractivity contribution is 5.87. The smallest absolute Gasteiger partial charge is 0.333 e. The lowest BCUT2D eigenvalue weighted by atomic mass is 9.41. The Bertz CT molecular complexity index is 910. The Hall–Kier alpha value is -1.38. The Morgan fingerprint density at radius 2 is 1.85 bits per heavy atom. The minimum Gasteiger partial charge on any atom is -0.466 e. The fourth-order valence-electron chi connectivity index (χ4n) is 9.47. The molecule has 0 heterocycles. The number of hydrogen-bond donors (Lipinski definition) is 0. The second kappa shape index (κ2) is 8.63. The van der Waals surface area contributed by atoms with Crippen LogP contribution in [0, 0.1) is 45.3 Å². The Labute approximate surface area is 208 Å². The van der Waals surface area contributed by atoms with Crippen molar-refractivity contribution in [3.63, 3.8) is 0 Å². The van der Waals surface area contributed by atoms with Crippen molar-refractivity contribution >= 4 is 11.8 Å². The summed E-state index contributed by atoms with van der Waals surface area (Å²) in [6.07, 6.45) is 14.8. The molecule has 4 aliphatic rings. The van der Waals surface area contributed by atoms with E-state index in [0.717, 1.165) is 43.6 Å². The maximum Gasteiger partial charge on any atom is 0.333 e. The molecule has 0 radical (unpaired) electrons. The number of ether oxygens (including phenoxy) is 1. The van der Waals surface area contributed by atoms with E-state index >= 15 is 0 Å². The van der Waals surface area contributed by atoms with E-state index in [1.54, 1.807) is 5.57 Å². The van der Waals surface area contributed by atoms with Crippen LogP contribution in [0.1, 0.15) is 106 Å². The highest BCUT2D eigenvalue weighted by atomic mass is 16.5. The number of rotatable bonds is 5. The normalized spacial score (nSPS) is 42.2. The number of esters is 1. The van der Waals surface area contributed by atoms with Gasteiger partial charge in [-0.1, -0.05) is 59.3 Å². The van der Waals surface area contributed by atoms with E-state index in [1.807, 2.05) is 6.92 Å². The highest BCUT2D eigenvalue weighted by Crippen LogP contribution is 2.73. The predicted octanol–water partition coefficient (Wildman–Crippen LogP) is 7.70. The molecule has 0 aliphatic heterocycles. The molecule has 4 aliphatic carbocycles. The first kappa shape index (κ1) is 25.7. The summed E-state index contributed by atoms with van der Waals surface area (Å²) < 4.78 is 4.85. The van der Waals surface area contributed by atoms with Crippen LogP contribution >= 0.6 is 0 Å². The highest BCUT2D eigenvalue weighted by Gasteiger charge is 2.65. The molecule has 4 rings (SSSR count). The van der Waals surface area contributed by atoms with Gasteiger partial charge in [0.15, 0.2) is 0 Å². The van der Waals surface area contributed by atoms with Gasteiger partial charge in [-0.3, -0.25) is 4.79 Å². The lowest BCUT2D eigenvalue weighted by molar-refractivity contribution is -0.146. The largest absolute Gasteiger partial charge is 0.466 e. The average Bonchev–Trinajstić information content (AvgIpc) is 3.07. The topological polar surface area (TPSA) is 43.4 Å². The van der Waals surface area contributed by atoms with E-state index in [0.29, 0.717) is 29.0 Å². The maximum absolute atomic E-state index is 12.8. The van der Waals surface area contributed by atoms with Gasteiger partial charge in [0.25, 0.3) is 0 Å². The number of hydrogen-bond acceptors (Lipinski definition) is 3. The summed E-state index contributed by atoms with van der Waals surface area (Å²) in [6.45, 7) is 16.4. The maximum atomic E-state index is 12.8. The summed E-state index contributed by atoms with van der Waals surface area (Å²) in [5.41, 5.74) is 3.14. The van der Waals surface area contributed by atoms with Gasteiger partial charge in [0, 0.05) is 17.4 Å². The molecule has 0 aromatic rings. The molecule has 0 aromatic heterocycles. The summed E-state index contributed by atoms with van der Waals surface area (Å²) in [6, 6.07) is 0. The lowest BCUT2D eigenvalue weighted by Crippen LogP contribution is -2.57. The van der Waals surface area contributed by atoms with E-state index in [-0.39, 0.29) is 22.2 Å². The number of allylic oxidation sites excluding steroid dienone is 3. The molecule has 0 spiro atoms. The molecule has 3 nitrogen and oxygen atoms in total. The second-order valence-corrected chi connectivity index (χ2v) is 13.5. The third kappa shape index (κ3) is 3.58. The third-order valence-corrected chi connectivity index (χ3v) is 11.9. The number of fused-ring (bicyclic) bond motifs is 5. The van der Waals surface area contributed by atoms with Crippen LogP contribution in [-0.2, 0) is 14.3 Å². The molecular formula is C31H48O3. The van der Waals surface area contributed by atoms with Crippen LogP contribution in [0.3, 0.4) is 0 Å². The third-order valence-electron chi connectivity index (χ3n) is 11.9. The minimum atomic E-state index is -0.213. The molecule has 0 N–H and O–H groups in total. The molecule has 3 fully saturated rings. The van der Waals surface area contributed by atoms with E-state index in [9.17, 15) is 9.59 Å². The summed E-state index contributed by atoms with van der Waals surface area (Å²) in [4.78, 5) is 24.5. The van der Waals surface area contributed by atoms with Gasteiger partial charge in [-0.25, -0.2) is 4.79 Å². The number of carbonyl (C=O) groups is 2. The van der Waals surface area contributed by atoms with Gasteiger partial charge in [0.2, 0.25) is 0 Å². The Morgan fingerprint density at radius 1 is 1.15 bits per heavy atom. The van der Waals surface area contributed by atoms with Crippen LogP contribution < -0.4 is 0 Å². The van der Waals surface area contributed by atoms with Crippen molar-refractivity contribution in [1.29, 1.82) is 0 Å². The van der Waals surface area contributed by atoms with Gasteiger partial charge in [0.05, 0.1) is 7.11 Å². The Balaban J connectivity index is 1.56. The molecule has 7 unspecified atom stereocenters. The van der Waals surface area contributed by atoms with Gasteiger partial charge in [0.1, 0.15) is 5.78 Å². The van der Waals surface area contributed by atoms with Crippen LogP contribution in [0.15, 0.2) is 23.3 Å². The second-order valence-electron chi connectivity index (χ2n) is 13.5. The molecule has 3 heteroatoms. The van der Waals surface area contributed by atoms with E-state index < -0.39 is 0 Å². The molecule has 34 heavy (non-hydrogen) atoms. The van der Waals surface area contributed by atoms with Crippen LogP contribution in [0.5, 0.6) is 0 Å². The summed E-state index contributed by atoms with van der Waals surface area (Å²) in [7, 11) is 1.45. The number of carbonyl (C=O) groups excluding carboxylic acids is 2. The van der Waals surface area contributed by atoms with Crippen molar-refractivity contribution in [1.82, 2.24) is 0 Å². The van der Waals surface area contributed by atoms with Crippen molar-refractivity contribution in [3.05, 3.63) is 23.3 Å². The summed E-state index contributed by atoms with van der Waals surface area (Å²) in [5.74, 6) is 2.74. The predicted molar refractivity (Wildman–Crippen MR) is 138 cm³/mol.